The highest BCUT2D eigenvalue weighted by molar-refractivity contribution is 6.24. The van der Waals surface area contributed by atoms with Gasteiger partial charge in [0, 0.05) is 33.5 Å². The molecular weight excluding hydrogens is 713 g/mol. The second-order valence-electron chi connectivity index (χ2n) is 17.9. The average molecular weight is 773 g/mol. The zero-order chi connectivity index (χ0) is 42.2. The lowest BCUT2D eigenvalue weighted by molar-refractivity contribution is 0.869. The van der Waals surface area contributed by atoms with Crippen LogP contribution in [0.4, 0.5) is 34.1 Å². The highest BCUT2D eigenvalue weighted by Crippen LogP contribution is 2.49. The summed E-state index contributed by atoms with van der Waals surface area (Å²) < 4.78 is 0. The van der Waals surface area contributed by atoms with Crippen LogP contribution in [0.2, 0.25) is 0 Å². The largest absolute Gasteiger partial charge is 0.310 e. The monoisotopic (exact) mass is 772 g/mol. The van der Waals surface area contributed by atoms with Gasteiger partial charge < -0.3 is 9.80 Å². The molecule has 0 fully saturated rings. The van der Waals surface area contributed by atoms with Crippen LogP contribution < -0.4 is 9.80 Å². The third-order valence-corrected chi connectivity index (χ3v) is 13.8. The first-order chi connectivity index (χ1) is 28.0. The molecule has 0 aromatic heterocycles. The fourth-order valence-corrected chi connectivity index (χ4v) is 9.13. The molecule has 0 bridgehead atoms. The van der Waals surface area contributed by atoms with Gasteiger partial charge in [-0.3, -0.25) is 0 Å². The minimum Gasteiger partial charge on any atom is -0.310 e. The molecule has 0 heterocycles. The van der Waals surface area contributed by atoms with Crippen LogP contribution >= 0.6 is 0 Å². The lowest BCUT2D eigenvalue weighted by Crippen LogP contribution is -2.14. The quantitative estimate of drug-likeness (QED) is 0.149. The fraction of sp³-hybridized carbons (Fsp3) is 0.263. The smallest absolute Gasteiger partial charge is 0.0546 e. The Balaban J connectivity index is 1.54. The molecule has 0 aliphatic heterocycles. The Hall–Kier alpha value is -5.86. The van der Waals surface area contributed by atoms with Gasteiger partial charge in [0.2, 0.25) is 0 Å². The van der Waals surface area contributed by atoms with Gasteiger partial charge in [0.05, 0.1) is 11.4 Å². The molecule has 0 atom stereocenters. The predicted octanol–water partition coefficient (Wildman–Crippen LogP) is 16.9. The van der Waals surface area contributed by atoms with E-state index in [4.69, 9.17) is 0 Å². The van der Waals surface area contributed by atoms with Gasteiger partial charge in [0.1, 0.15) is 0 Å². The zero-order valence-corrected chi connectivity index (χ0v) is 37.8. The lowest BCUT2D eigenvalue weighted by Gasteiger charge is -2.31. The minimum absolute atomic E-state index is 0.382. The summed E-state index contributed by atoms with van der Waals surface area (Å²) in [5.41, 5.74) is 24.2. The summed E-state index contributed by atoms with van der Waals surface area (Å²) in [5, 5.41) is 7.50. The van der Waals surface area contributed by atoms with Crippen molar-refractivity contribution in [1.82, 2.24) is 0 Å². The van der Waals surface area contributed by atoms with Crippen LogP contribution in [0.3, 0.4) is 0 Å². The van der Waals surface area contributed by atoms with Gasteiger partial charge in [-0.15, -0.1) is 0 Å². The molecule has 2 heteroatoms. The molecule has 0 amide bonds. The Morgan fingerprint density at radius 3 is 0.949 bits per heavy atom. The molecule has 298 valence electrons. The van der Waals surface area contributed by atoms with Gasteiger partial charge in [-0.05, 0) is 250 Å². The molecule has 0 spiro atoms. The first-order valence-electron chi connectivity index (χ1n) is 21.4. The van der Waals surface area contributed by atoms with Gasteiger partial charge in [0.15, 0.2) is 0 Å². The van der Waals surface area contributed by atoms with E-state index in [0.29, 0.717) is 5.92 Å². The summed E-state index contributed by atoms with van der Waals surface area (Å²) in [7, 11) is 0. The number of rotatable bonds is 7. The first kappa shape index (κ1) is 39.9. The number of benzene rings is 8. The van der Waals surface area contributed by atoms with Gasteiger partial charge in [0.25, 0.3) is 0 Å². The summed E-state index contributed by atoms with van der Waals surface area (Å²) in [6.45, 7) is 31.5. The number of hydrogen-bond donors (Lipinski definition) is 0. The second kappa shape index (κ2) is 15.1. The topological polar surface area (TPSA) is 6.48 Å². The number of hydrogen-bond acceptors (Lipinski definition) is 2. The first-order valence-corrected chi connectivity index (χ1v) is 21.4. The fourth-order valence-electron chi connectivity index (χ4n) is 9.13. The SMILES string of the molecule is Cc1cc(N(c2cc(C)c(C)c(C)c2)c2cc3c4ccc(C(C)C)cc4c(N(c4cc(C)c(C)c(C)c4)c4cc(C)c(C)c(C)c4)cc3c3ccccc23)cc(C)c1C. The van der Waals surface area contributed by atoms with E-state index in [-0.39, 0.29) is 0 Å². The highest BCUT2D eigenvalue weighted by Gasteiger charge is 2.24. The normalized spacial score (nSPS) is 11.7. The average Bonchev–Trinajstić information content (AvgIpc) is 3.20. The number of fused-ring (bicyclic) bond motifs is 5. The van der Waals surface area contributed by atoms with Crippen LogP contribution in [-0.4, -0.2) is 0 Å². The Bertz CT molecular complexity index is 2790. The Labute approximate surface area is 353 Å². The molecule has 0 radical (unpaired) electrons. The zero-order valence-electron chi connectivity index (χ0n) is 37.8. The van der Waals surface area contributed by atoms with Crippen molar-refractivity contribution in [3.8, 4) is 0 Å². The summed E-state index contributed by atoms with van der Waals surface area (Å²) in [4.78, 5) is 5.06. The van der Waals surface area contributed by atoms with E-state index in [1.165, 1.54) is 139 Å². The van der Waals surface area contributed by atoms with Crippen molar-refractivity contribution in [2.75, 3.05) is 9.80 Å². The van der Waals surface area contributed by atoms with E-state index in [1.54, 1.807) is 0 Å². The van der Waals surface area contributed by atoms with Gasteiger partial charge in [-0.1, -0.05) is 50.2 Å². The predicted molar refractivity (Wildman–Crippen MR) is 259 cm³/mol. The van der Waals surface area contributed by atoms with Crippen molar-refractivity contribution in [3.63, 3.8) is 0 Å². The lowest BCUT2D eigenvalue weighted by atomic mass is 9.90. The summed E-state index contributed by atoms with van der Waals surface area (Å²) in [6.07, 6.45) is 0. The van der Waals surface area contributed by atoms with Crippen LogP contribution in [0.5, 0.6) is 0 Å². The van der Waals surface area contributed by atoms with E-state index < -0.39 is 0 Å². The third kappa shape index (κ3) is 6.87. The summed E-state index contributed by atoms with van der Waals surface area (Å²) >= 11 is 0. The maximum atomic E-state index is 2.54. The molecule has 0 saturated carbocycles. The van der Waals surface area contributed by atoms with E-state index in [9.17, 15) is 0 Å². The van der Waals surface area contributed by atoms with Crippen LogP contribution in [0.1, 0.15) is 92.1 Å². The Kier molecular flexibility index (Phi) is 10.2. The number of nitrogens with zero attached hydrogens (tertiary/aromatic N) is 2. The van der Waals surface area contributed by atoms with Gasteiger partial charge in [-0.25, -0.2) is 0 Å². The van der Waals surface area contributed by atoms with Crippen molar-refractivity contribution >= 4 is 66.4 Å². The van der Waals surface area contributed by atoms with E-state index in [2.05, 4.69) is 210 Å². The third-order valence-electron chi connectivity index (χ3n) is 13.8. The molecule has 59 heavy (non-hydrogen) atoms. The maximum Gasteiger partial charge on any atom is 0.0546 e. The number of aryl methyl sites for hydroxylation is 8. The van der Waals surface area contributed by atoms with Gasteiger partial charge in [-0.2, -0.15) is 0 Å². The summed E-state index contributed by atoms with van der Waals surface area (Å²) in [6, 6.07) is 40.3. The van der Waals surface area contributed by atoms with Crippen molar-refractivity contribution < 1.29 is 0 Å². The van der Waals surface area contributed by atoms with Crippen molar-refractivity contribution in [2.45, 2.75) is 103 Å². The Morgan fingerprint density at radius 1 is 0.305 bits per heavy atom. The van der Waals surface area contributed by atoms with E-state index >= 15 is 0 Å². The van der Waals surface area contributed by atoms with E-state index in [0.717, 1.165) is 0 Å². The molecule has 0 N–H and O–H groups in total. The molecule has 8 aromatic carbocycles. The van der Waals surface area contributed by atoms with Crippen LogP contribution in [0.25, 0.3) is 32.3 Å². The summed E-state index contributed by atoms with van der Waals surface area (Å²) in [5.74, 6) is 0.382. The van der Waals surface area contributed by atoms with Crippen molar-refractivity contribution in [2.24, 2.45) is 0 Å². The molecule has 0 aliphatic rings. The van der Waals surface area contributed by atoms with E-state index in [1.807, 2.05) is 0 Å². The molecule has 0 saturated heterocycles. The molecule has 2 nitrogen and oxygen atoms in total. The molecule has 0 aliphatic carbocycles. The minimum atomic E-state index is 0.382. The highest BCUT2D eigenvalue weighted by atomic mass is 15.2. The number of anilines is 6. The van der Waals surface area contributed by atoms with Gasteiger partial charge >= 0.3 is 0 Å². The van der Waals surface area contributed by atoms with Crippen LogP contribution in [0, 0.1) is 83.1 Å². The standard InChI is InChI=1S/C57H60N2/c1-32(2)45-19-20-51-54-30-56(58(46-21-33(3)41(11)34(4)22-46)47-23-35(5)42(12)36(6)24-47)52-18-16-15-17-50(52)53(54)31-57(55(51)29-45)59(48-25-37(7)43(13)38(8)26-48)49-27-39(9)44(14)40(10)28-49/h15-32H,1-14H3. The molecule has 8 rings (SSSR count). The second-order valence-corrected chi connectivity index (χ2v) is 17.9. The molecule has 0 unspecified atom stereocenters. The molecular formula is C57H60N2. The van der Waals surface area contributed by atoms with Crippen molar-refractivity contribution in [1.29, 1.82) is 0 Å². The van der Waals surface area contributed by atoms with Crippen molar-refractivity contribution in [3.05, 3.63) is 175 Å². The molecule has 8 aromatic rings. The maximum absolute atomic E-state index is 2.54. The van der Waals surface area contributed by atoms with Crippen LogP contribution in [-0.2, 0) is 0 Å². The van der Waals surface area contributed by atoms with Crippen LogP contribution in [0.15, 0.2) is 103 Å². The Morgan fingerprint density at radius 2 is 0.610 bits per heavy atom.